The van der Waals surface area contributed by atoms with Crippen LogP contribution in [-0.2, 0) is 6.54 Å². The van der Waals surface area contributed by atoms with Gasteiger partial charge in [0.25, 0.3) is 0 Å². The maximum atomic E-state index is 13.2. The van der Waals surface area contributed by atoms with Crippen LogP contribution in [0.5, 0.6) is 0 Å². The number of pyridine rings is 1. The van der Waals surface area contributed by atoms with Crippen LogP contribution in [0, 0.1) is 11.3 Å². The first kappa shape index (κ1) is 19.0. The molecule has 1 fully saturated rings. The minimum atomic E-state index is -0.221. The summed E-state index contributed by atoms with van der Waals surface area (Å²) in [5, 5.41) is 9.46. The van der Waals surface area contributed by atoms with E-state index in [4.69, 9.17) is 5.73 Å². The first-order chi connectivity index (χ1) is 14.1. The quantitative estimate of drug-likeness (QED) is 0.741. The van der Waals surface area contributed by atoms with Crippen molar-refractivity contribution in [2.24, 2.45) is 5.73 Å². The van der Waals surface area contributed by atoms with Gasteiger partial charge in [-0.2, -0.15) is 5.26 Å². The molecule has 3 heterocycles. The Morgan fingerprint density at radius 3 is 2.93 bits per heavy atom. The lowest BCUT2D eigenvalue weighted by Gasteiger charge is -2.26. The molecule has 7 nitrogen and oxygen atoms in total. The molecule has 1 saturated heterocycles. The van der Waals surface area contributed by atoms with E-state index in [1.807, 2.05) is 24.3 Å². The minimum absolute atomic E-state index is 0.0988. The van der Waals surface area contributed by atoms with Crippen LogP contribution >= 0.6 is 0 Å². The molecule has 1 aliphatic rings. The second-order valence-corrected chi connectivity index (χ2v) is 7.39. The smallest absolute Gasteiger partial charge is 0.334 e. The van der Waals surface area contributed by atoms with Gasteiger partial charge in [0.2, 0.25) is 0 Å². The van der Waals surface area contributed by atoms with E-state index in [-0.39, 0.29) is 11.7 Å². The Balaban J connectivity index is 1.92. The maximum absolute atomic E-state index is 13.2. The third-order valence-electron chi connectivity index (χ3n) is 5.52. The first-order valence-corrected chi connectivity index (χ1v) is 9.85. The molecule has 1 atom stereocenters. The van der Waals surface area contributed by atoms with Gasteiger partial charge in [-0.1, -0.05) is 31.2 Å². The van der Waals surface area contributed by atoms with Crippen molar-refractivity contribution >= 4 is 23.1 Å². The van der Waals surface area contributed by atoms with E-state index < -0.39 is 0 Å². The minimum Gasteiger partial charge on any atom is -0.368 e. The number of rotatable bonds is 4. The van der Waals surface area contributed by atoms with Crippen LogP contribution < -0.4 is 16.3 Å². The Morgan fingerprint density at radius 2 is 2.14 bits per heavy atom. The molecule has 1 aliphatic heterocycles. The highest BCUT2D eigenvalue weighted by Gasteiger charge is 2.23. The van der Waals surface area contributed by atoms with Crippen LogP contribution in [0.4, 0.5) is 5.69 Å². The van der Waals surface area contributed by atoms with Crippen molar-refractivity contribution in [1.82, 2.24) is 14.1 Å². The van der Waals surface area contributed by atoms with Crippen molar-refractivity contribution in [3.63, 3.8) is 0 Å². The molecule has 3 aromatic rings. The van der Waals surface area contributed by atoms with Crippen molar-refractivity contribution in [3.8, 4) is 6.07 Å². The Kier molecular flexibility index (Phi) is 5.19. The number of nitrogens with zero attached hydrogens (tertiary/aromatic N) is 5. The van der Waals surface area contributed by atoms with Gasteiger partial charge in [-0.05, 0) is 30.5 Å². The molecule has 1 aromatic carbocycles. The predicted octanol–water partition coefficient (Wildman–Crippen LogP) is 2.54. The van der Waals surface area contributed by atoms with Crippen LogP contribution in [0.2, 0.25) is 0 Å². The lowest BCUT2D eigenvalue weighted by molar-refractivity contribution is 0.621. The van der Waals surface area contributed by atoms with Crippen molar-refractivity contribution < 1.29 is 0 Å². The zero-order chi connectivity index (χ0) is 20.4. The molecule has 148 valence electrons. The lowest BCUT2D eigenvalue weighted by Crippen LogP contribution is -2.36. The Bertz CT molecular complexity index is 1150. The molecule has 29 heavy (non-hydrogen) atoms. The third-order valence-corrected chi connectivity index (χ3v) is 5.52. The van der Waals surface area contributed by atoms with Crippen molar-refractivity contribution in [1.29, 1.82) is 5.26 Å². The number of imidazole rings is 1. The van der Waals surface area contributed by atoms with Gasteiger partial charge in [-0.15, -0.1) is 0 Å². The van der Waals surface area contributed by atoms with E-state index in [1.54, 1.807) is 16.8 Å². The summed E-state index contributed by atoms with van der Waals surface area (Å²) in [6.45, 7) is 5.70. The summed E-state index contributed by atoms with van der Waals surface area (Å²) in [7, 11) is 0. The molecule has 0 radical (unpaired) electrons. The van der Waals surface area contributed by atoms with Gasteiger partial charge in [0, 0.05) is 31.5 Å². The number of benzene rings is 1. The molecule has 4 rings (SSSR count). The van der Waals surface area contributed by atoms with Crippen molar-refractivity contribution in [3.05, 3.63) is 64.7 Å². The fraction of sp³-hybridized carbons (Fsp3) is 0.318. The summed E-state index contributed by atoms with van der Waals surface area (Å²) in [5.74, 6) is 0. The highest BCUT2D eigenvalue weighted by molar-refractivity contribution is 5.88. The Labute approximate surface area is 169 Å². The van der Waals surface area contributed by atoms with E-state index in [2.05, 4.69) is 22.5 Å². The van der Waals surface area contributed by atoms with Crippen molar-refractivity contribution in [2.75, 3.05) is 18.0 Å². The molecule has 2 N–H and O–H groups in total. The van der Waals surface area contributed by atoms with E-state index in [0.717, 1.165) is 49.1 Å². The van der Waals surface area contributed by atoms with E-state index >= 15 is 0 Å². The number of aromatic nitrogens is 3. The molecular formula is C22H24N6O. The van der Waals surface area contributed by atoms with Gasteiger partial charge < -0.3 is 10.6 Å². The fourth-order valence-corrected chi connectivity index (χ4v) is 4.08. The summed E-state index contributed by atoms with van der Waals surface area (Å²) in [4.78, 5) is 19.9. The second kappa shape index (κ2) is 7.94. The molecular weight excluding hydrogens is 364 g/mol. The first-order valence-electron chi connectivity index (χ1n) is 9.85. The van der Waals surface area contributed by atoms with E-state index in [1.165, 1.54) is 10.8 Å². The van der Waals surface area contributed by atoms with Gasteiger partial charge in [-0.3, -0.25) is 9.13 Å². The average molecular weight is 388 g/mol. The summed E-state index contributed by atoms with van der Waals surface area (Å²) < 4.78 is 3.15. The number of nitrogens with two attached hydrogens (primary N) is 1. The van der Waals surface area contributed by atoms with Crippen LogP contribution in [0.15, 0.2) is 47.9 Å². The molecule has 0 spiro atoms. The Hall–Kier alpha value is -3.37. The zero-order valence-corrected chi connectivity index (χ0v) is 16.3. The van der Waals surface area contributed by atoms with Crippen molar-refractivity contribution in [2.45, 2.75) is 31.8 Å². The van der Waals surface area contributed by atoms with Crippen LogP contribution in [0.25, 0.3) is 17.4 Å². The van der Waals surface area contributed by atoms with Crippen LogP contribution in [-0.4, -0.2) is 33.2 Å². The molecule has 0 amide bonds. The molecule has 7 heteroatoms. The highest BCUT2D eigenvalue weighted by Crippen LogP contribution is 2.28. The van der Waals surface area contributed by atoms with Gasteiger partial charge in [0.1, 0.15) is 5.52 Å². The number of fused-ring (bicyclic) bond motifs is 1. The molecule has 2 aromatic heterocycles. The van der Waals surface area contributed by atoms with Crippen LogP contribution in [0.3, 0.4) is 0 Å². The normalized spacial score (nSPS) is 17.1. The number of anilines is 1. The molecule has 0 aliphatic carbocycles. The Morgan fingerprint density at radius 1 is 1.31 bits per heavy atom. The average Bonchev–Trinajstić information content (AvgIpc) is 2.87. The van der Waals surface area contributed by atoms with Crippen LogP contribution in [0.1, 0.15) is 30.4 Å². The zero-order valence-electron chi connectivity index (χ0n) is 16.3. The second-order valence-electron chi connectivity index (χ2n) is 7.39. The third kappa shape index (κ3) is 3.43. The van der Waals surface area contributed by atoms with Gasteiger partial charge >= 0.3 is 5.69 Å². The summed E-state index contributed by atoms with van der Waals surface area (Å²) >= 11 is 0. The topological polar surface area (TPSA) is 92.9 Å². The van der Waals surface area contributed by atoms with Gasteiger partial charge in [0.05, 0.1) is 23.9 Å². The number of nitriles is 1. The van der Waals surface area contributed by atoms with E-state index in [0.29, 0.717) is 17.8 Å². The molecule has 0 bridgehead atoms. The SMILES string of the molecule is C=Cn1c(=O)n(Cc2ccccc2C#N)c2c(N3CCCCC(N)C3)ccnc21. The monoisotopic (exact) mass is 388 g/mol. The van der Waals surface area contributed by atoms with E-state index in [9.17, 15) is 10.1 Å². The van der Waals surface area contributed by atoms with Gasteiger partial charge in [0.15, 0.2) is 5.65 Å². The molecule has 0 saturated carbocycles. The summed E-state index contributed by atoms with van der Waals surface area (Å²) in [6, 6.07) is 11.6. The number of hydrogen-bond donors (Lipinski definition) is 1. The maximum Gasteiger partial charge on any atom is 0.334 e. The number of hydrogen-bond acceptors (Lipinski definition) is 5. The molecule has 1 unspecified atom stereocenters. The lowest BCUT2D eigenvalue weighted by atomic mass is 10.1. The standard InChI is InChI=1S/C22H24N6O/c1-2-27-21-20(19(10-11-25-21)26-12-6-5-9-18(24)15-26)28(22(27)29)14-17-8-4-3-7-16(17)13-23/h2-4,7-8,10-11,18H,1,5-6,9,12,14-15,24H2. The summed E-state index contributed by atoms with van der Waals surface area (Å²) in [5.41, 5.74) is 9.67. The van der Waals surface area contributed by atoms with Gasteiger partial charge in [-0.25, -0.2) is 9.78 Å². The predicted molar refractivity (Wildman–Crippen MR) is 115 cm³/mol. The fourth-order valence-electron chi connectivity index (χ4n) is 4.08. The highest BCUT2D eigenvalue weighted by atomic mass is 16.1. The summed E-state index contributed by atoms with van der Waals surface area (Å²) in [6.07, 6.45) is 6.37. The largest absolute Gasteiger partial charge is 0.368 e.